The van der Waals surface area contributed by atoms with Crippen LogP contribution in [0, 0.1) is 0 Å². The maximum atomic E-state index is 6.10. The Morgan fingerprint density at radius 1 is 0.429 bits per heavy atom. The zero-order valence-corrected chi connectivity index (χ0v) is 19.0. The predicted octanol–water partition coefficient (Wildman–Crippen LogP) is 9.14. The topological polar surface area (TPSA) is 26.0 Å². The third-order valence-electron chi connectivity index (χ3n) is 6.74. The standard InChI is InChI=1S/C33H21NO/c1-2-10-25-22(8-1)9-7-13-26(25)23-16-18-24(19-17-23)27-20-21-30(29-12-4-3-11-28(27)29)33-34-31-14-5-6-15-32(31)35-33/h1-21H. The van der Waals surface area contributed by atoms with Gasteiger partial charge in [-0.1, -0.05) is 109 Å². The lowest BCUT2D eigenvalue weighted by molar-refractivity contribution is 0.620. The number of fused-ring (bicyclic) bond motifs is 3. The number of hydrogen-bond acceptors (Lipinski definition) is 2. The van der Waals surface area contributed by atoms with Gasteiger partial charge in [-0.15, -0.1) is 0 Å². The molecule has 2 nitrogen and oxygen atoms in total. The Labute approximate surface area is 203 Å². The average Bonchev–Trinajstić information content (AvgIpc) is 3.36. The normalized spacial score (nSPS) is 11.4. The first-order chi connectivity index (χ1) is 17.3. The van der Waals surface area contributed by atoms with Crippen LogP contribution in [-0.4, -0.2) is 4.98 Å². The van der Waals surface area contributed by atoms with Gasteiger partial charge in [0.2, 0.25) is 5.89 Å². The highest BCUT2D eigenvalue weighted by molar-refractivity contribution is 6.04. The third-order valence-corrected chi connectivity index (χ3v) is 6.74. The number of oxazole rings is 1. The van der Waals surface area contributed by atoms with Crippen LogP contribution < -0.4 is 0 Å². The van der Waals surface area contributed by atoms with E-state index in [0.717, 1.165) is 22.0 Å². The number of nitrogens with zero attached hydrogens (tertiary/aromatic N) is 1. The van der Waals surface area contributed by atoms with Crippen LogP contribution in [0.4, 0.5) is 0 Å². The van der Waals surface area contributed by atoms with Crippen molar-refractivity contribution in [2.24, 2.45) is 0 Å². The van der Waals surface area contributed by atoms with Crippen molar-refractivity contribution in [2.45, 2.75) is 0 Å². The molecule has 2 heteroatoms. The number of hydrogen-bond donors (Lipinski definition) is 0. The maximum Gasteiger partial charge on any atom is 0.227 e. The maximum absolute atomic E-state index is 6.10. The molecule has 7 aromatic rings. The first-order valence-electron chi connectivity index (χ1n) is 11.8. The summed E-state index contributed by atoms with van der Waals surface area (Å²) in [4.78, 5) is 4.74. The van der Waals surface area contributed by atoms with Gasteiger partial charge in [0.1, 0.15) is 5.52 Å². The van der Waals surface area contributed by atoms with E-state index in [1.807, 2.05) is 24.3 Å². The van der Waals surface area contributed by atoms with Crippen LogP contribution >= 0.6 is 0 Å². The molecule has 0 fully saturated rings. The van der Waals surface area contributed by atoms with Crippen LogP contribution in [0.3, 0.4) is 0 Å². The van der Waals surface area contributed by atoms with Gasteiger partial charge in [0.25, 0.3) is 0 Å². The van der Waals surface area contributed by atoms with Gasteiger partial charge in [0.05, 0.1) is 0 Å². The highest BCUT2D eigenvalue weighted by Crippen LogP contribution is 2.37. The molecular formula is C33H21NO. The molecular weight excluding hydrogens is 426 g/mol. The van der Waals surface area contributed by atoms with Gasteiger partial charge >= 0.3 is 0 Å². The molecule has 0 bridgehead atoms. The van der Waals surface area contributed by atoms with Crippen molar-refractivity contribution in [3.05, 3.63) is 127 Å². The molecule has 0 aliphatic heterocycles. The van der Waals surface area contributed by atoms with E-state index in [4.69, 9.17) is 9.40 Å². The lowest BCUT2D eigenvalue weighted by Gasteiger charge is -2.12. The molecule has 1 aromatic heterocycles. The average molecular weight is 448 g/mol. The summed E-state index contributed by atoms with van der Waals surface area (Å²) in [5.74, 6) is 0.653. The van der Waals surface area contributed by atoms with Crippen LogP contribution in [0.5, 0.6) is 0 Å². The van der Waals surface area contributed by atoms with E-state index in [9.17, 15) is 0 Å². The molecule has 0 N–H and O–H groups in total. The summed E-state index contributed by atoms with van der Waals surface area (Å²) in [7, 11) is 0. The van der Waals surface area contributed by atoms with E-state index in [2.05, 4.69) is 103 Å². The second kappa shape index (κ2) is 7.96. The van der Waals surface area contributed by atoms with E-state index in [-0.39, 0.29) is 0 Å². The molecule has 164 valence electrons. The van der Waals surface area contributed by atoms with Gasteiger partial charge in [-0.05, 0) is 62.0 Å². The van der Waals surface area contributed by atoms with E-state index in [1.165, 1.54) is 38.4 Å². The van der Waals surface area contributed by atoms with Crippen LogP contribution in [0.1, 0.15) is 0 Å². The van der Waals surface area contributed by atoms with E-state index < -0.39 is 0 Å². The molecule has 1 heterocycles. The highest BCUT2D eigenvalue weighted by atomic mass is 16.3. The lowest BCUT2D eigenvalue weighted by Crippen LogP contribution is -1.87. The summed E-state index contributed by atoms with van der Waals surface area (Å²) >= 11 is 0. The number of rotatable bonds is 3. The molecule has 7 rings (SSSR count). The minimum Gasteiger partial charge on any atom is -0.436 e. The van der Waals surface area contributed by atoms with Gasteiger partial charge in [0.15, 0.2) is 5.58 Å². The van der Waals surface area contributed by atoms with Gasteiger partial charge in [-0.2, -0.15) is 0 Å². The Balaban J connectivity index is 1.34. The second-order valence-corrected chi connectivity index (χ2v) is 8.80. The smallest absolute Gasteiger partial charge is 0.227 e. The number of benzene rings is 6. The molecule has 0 amide bonds. The molecule has 0 aliphatic rings. The van der Waals surface area contributed by atoms with Crippen LogP contribution in [0.25, 0.3) is 66.4 Å². The minimum absolute atomic E-state index is 0.653. The number of aromatic nitrogens is 1. The number of para-hydroxylation sites is 2. The Bertz CT molecular complexity index is 1810. The fourth-order valence-electron chi connectivity index (χ4n) is 5.03. The highest BCUT2D eigenvalue weighted by Gasteiger charge is 2.14. The lowest BCUT2D eigenvalue weighted by atomic mass is 9.93. The van der Waals surface area contributed by atoms with Crippen LogP contribution in [0.15, 0.2) is 132 Å². The molecule has 0 saturated heterocycles. The Morgan fingerprint density at radius 2 is 1.00 bits per heavy atom. The van der Waals surface area contributed by atoms with Crippen molar-refractivity contribution in [3.63, 3.8) is 0 Å². The molecule has 35 heavy (non-hydrogen) atoms. The first-order valence-corrected chi connectivity index (χ1v) is 11.8. The van der Waals surface area contributed by atoms with Crippen molar-refractivity contribution < 1.29 is 4.42 Å². The zero-order chi connectivity index (χ0) is 23.2. The molecule has 6 aromatic carbocycles. The fourth-order valence-corrected chi connectivity index (χ4v) is 5.03. The van der Waals surface area contributed by atoms with E-state index in [0.29, 0.717) is 5.89 Å². The summed E-state index contributed by atoms with van der Waals surface area (Å²) in [6.07, 6.45) is 0. The minimum atomic E-state index is 0.653. The predicted molar refractivity (Wildman–Crippen MR) is 145 cm³/mol. The summed E-state index contributed by atoms with van der Waals surface area (Å²) in [5.41, 5.74) is 7.55. The Kier molecular flexibility index (Phi) is 4.49. The molecule has 0 spiro atoms. The molecule has 0 aliphatic carbocycles. The Morgan fingerprint density at radius 3 is 1.77 bits per heavy atom. The second-order valence-electron chi connectivity index (χ2n) is 8.80. The van der Waals surface area contributed by atoms with Crippen molar-refractivity contribution in [3.8, 4) is 33.7 Å². The van der Waals surface area contributed by atoms with Crippen molar-refractivity contribution in [2.75, 3.05) is 0 Å². The monoisotopic (exact) mass is 447 g/mol. The summed E-state index contributed by atoms with van der Waals surface area (Å²) in [5, 5.41) is 4.85. The molecule has 0 radical (unpaired) electrons. The van der Waals surface area contributed by atoms with Gasteiger partial charge < -0.3 is 4.42 Å². The zero-order valence-electron chi connectivity index (χ0n) is 19.0. The van der Waals surface area contributed by atoms with E-state index in [1.54, 1.807) is 0 Å². The summed E-state index contributed by atoms with van der Waals surface area (Å²) in [6, 6.07) is 44.6. The fraction of sp³-hybridized carbons (Fsp3) is 0. The quantitative estimate of drug-likeness (QED) is 0.270. The van der Waals surface area contributed by atoms with Gasteiger partial charge in [-0.3, -0.25) is 0 Å². The van der Waals surface area contributed by atoms with Crippen molar-refractivity contribution in [1.29, 1.82) is 0 Å². The Hall–Kier alpha value is -4.69. The van der Waals surface area contributed by atoms with Crippen molar-refractivity contribution in [1.82, 2.24) is 4.98 Å². The van der Waals surface area contributed by atoms with Crippen LogP contribution in [0.2, 0.25) is 0 Å². The summed E-state index contributed by atoms with van der Waals surface area (Å²) < 4.78 is 6.10. The van der Waals surface area contributed by atoms with Gasteiger partial charge in [-0.25, -0.2) is 4.98 Å². The van der Waals surface area contributed by atoms with Crippen molar-refractivity contribution >= 4 is 32.6 Å². The van der Waals surface area contributed by atoms with E-state index >= 15 is 0 Å². The summed E-state index contributed by atoms with van der Waals surface area (Å²) in [6.45, 7) is 0. The SMILES string of the molecule is c1ccc2c(-c3ccc(-c4ccc(-c5nc6ccccc6o5)c5ccccc45)cc3)cccc2c1. The van der Waals surface area contributed by atoms with Crippen LogP contribution in [-0.2, 0) is 0 Å². The first kappa shape index (κ1) is 19.7. The third kappa shape index (κ3) is 3.31. The van der Waals surface area contributed by atoms with Gasteiger partial charge in [0, 0.05) is 5.56 Å². The molecule has 0 saturated carbocycles. The molecule has 0 unspecified atom stereocenters. The molecule has 0 atom stereocenters. The largest absolute Gasteiger partial charge is 0.436 e.